The Kier molecular flexibility index (Phi) is 27.7. The minimum absolute atomic E-state index is 0.0692. The van der Waals surface area contributed by atoms with E-state index in [1.54, 1.807) is 13.8 Å². The number of amides is 10. The monoisotopic (exact) mass is 974 g/mol. The summed E-state index contributed by atoms with van der Waals surface area (Å²) >= 11 is 0. The highest BCUT2D eigenvalue weighted by Crippen LogP contribution is 2.13. The van der Waals surface area contributed by atoms with Gasteiger partial charge in [0.15, 0.2) is 6.04 Å². The summed E-state index contributed by atoms with van der Waals surface area (Å²) in [4.78, 5) is 142. The highest BCUT2D eigenvalue weighted by atomic mass is 16.4. The van der Waals surface area contributed by atoms with Gasteiger partial charge in [0.1, 0.15) is 42.3 Å². The van der Waals surface area contributed by atoms with Crippen LogP contribution >= 0.6 is 0 Å². The lowest BCUT2D eigenvalue weighted by atomic mass is 9.96. The quantitative estimate of drug-likeness (QED) is 0.0299. The molecule has 0 saturated carbocycles. The Hall–Kier alpha value is -5.99. The zero-order chi connectivity index (χ0) is 52.7. The van der Waals surface area contributed by atoms with Crippen LogP contribution in [0.25, 0.3) is 0 Å². The predicted octanol–water partition coefficient (Wildman–Crippen LogP) is -5.28. The molecule has 0 saturated heterocycles. The maximum absolute atomic E-state index is 13.9. The first kappa shape index (κ1) is 62.0. The number of nitrogens with two attached hydrogens (primary N) is 3. The average molecular weight is 974 g/mol. The largest absolute Gasteiger partial charge is 0.480 e. The first-order chi connectivity index (χ1) is 31.5. The van der Waals surface area contributed by atoms with E-state index in [0.717, 1.165) is 13.8 Å². The van der Waals surface area contributed by atoms with Crippen molar-refractivity contribution in [1.29, 1.82) is 0 Å². The molecule has 18 N–H and O–H groups in total. The van der Waals surface area contributed by atoms with Gasteiger partial charge in [0.05, 0.1) is 24.9 Å². The maximum Gasteiger partial charge on any atom is 0.328 e. The zero-order valence-corrected chi connectivity index (χ0v) is 40.3. The van der Waals surface area contributed by atoms with Crippen LogP contribution in [0.3, 0.4) is 0 Å². The molecular weight excluding hydrogens is 899 g/mol. The van der Waals surface area contributed by atoms with Crippen LogP contribution in [0, 0.1) is 17.8 Å². The van der Waals surface area contributed by atoms with Crippen molar-refractivity contribution in [2.75, 3.05) is 6.61 Å². The van der Waals surface area contributed by atoms with Gasteiger partial charge in [-0.2, -0.15) is 0 Å². The lowest BCUT2D eigenvalue weighted by Crippen LogP contribution is -2.62. The summed E-state index contributed by atoms with van der Waals surface area (Å²) in [6.45, 7) is 12.9. The van der Waals surface area contributed by atoms with Crippen molar-refractivity contribution < 1.29 is 73.2 Å². The summed E-state index contributed by atoms with van der Waals surface area (Å²) in [5.74, 6) is -12.3. The first-order valence-electron chi connectivity index (χ1n) is 22.5. The molecule has 0 spiro atoms. The molecule has 388 valence electrons. The second-order valence-corrected chi connectivity index (χ2v) is 17.4. The van der Waals surface area contributed by atoms with E-state index in [9.17, 15) is 73.2 Å². The van der Waals surface area contributed by atoms with E-state index < -0.39 is 170 Å². The van der Waals surface area contributed by atoms with Crippen molar-refractivity contribution in [3.63, 3.8) is 0 Å². The number of carbonyl (C=O) groups is 11. The second-order valence-electron chi connectivity index (χ2n) is 17.4. The third kappa shape index (κ3) is 21.8. The molecule has 0 heterocycles. The minimum atomic E-state index is -1.84. The fourth-order valence-corrected chi connectivity index (χ4v) is 6.24. The van der Waals surface area contributed by atoms with Crippen molar-refractivity contribution in [1.82, 2.24) is 42.5 Å². The van der Waals surface area contributed by atoms with E-state index in [1.165, 1.54) is 13.8 Å². The molecule has 0 aliphatic carbocycles. The lowest BCUT2D eigenvalue weighted by molar-refractivity contribution is -0.146. The van der Waals surface area contributed by atoms with Gasteiger partial charge in [-0.05, 0) is 57.8 Å². The van der Waals surface area contributed by atoms with Crippen molar-refractivity contribution >= 4 is 65.0 Å². The third-order valence-electron chi connectivity index (χ3n) is 11.0. The van der Waals surface area contributed by atoms with Crippen LogP contribution in [-0.2, 0) is 52.7 Å². The first-order valence-corrected chi connectivity index (χ1v) is 22.5. The molecule has 0 aromatic carbocycles. The van der Waals surface area contributed by atoms with Crippen LogP contribution in [0.1, 0.15) is 107 Å². The number of aliphatic carboxylic acids is 1. The van der Waals surface area contributed by atoms with E-state index in [2.05, 4.69) is 37.2 Å². The Labute approximate surface area is 395 Å². The van der Waals surface area contributed by atoms with Gasteiger partial charge in [0.25, 0.3) is 0 Å². The molecule has 10 amide bonds. The molecule has 0 aromatic heterocycles. The van der Waals surface area contributed by atoms with Crippen LogP contribution in [0.4, 0.5) is 0 Å². The molecule has 68 heavy (non-hydrogen) atoms. The van der Waals surface area contributed by atoms with Gasteiger partial charge in [0, 0.05) is 12.8 Å². The van der Waals surface area contributed by atoms with Crippen molar-refractivity contribution in [3.8, 4) is 0 Å². The molecule has 0 radical (unpaired) electrons. The lowest BCUT2D eigenvalue weighted by Gasteiger charge is -2.30. The molecule has 0 unspecified atom stereocenters. The highest BCUT2D eigenvalue weighted by Gasteiger charge is 2.37. The Bertz CT molecular complexity index is 1770. The summed E-state index contributed by atoms with van der Waals surface area (Å²) in [5.41, 5.74) is 16.7. The Morgan fingerprint density at radius 2 is 0.853 bits per heavy atom. The minimum Gasteiger partial charge on any atom is -0.480 e. The number of hydrogen-bond donors (Lipinski definition) is 15. The van der Waals surface area contributed by atoms with Gasteiger partial charge in [-0.3, -0.25) is 47.9 Å². The van der Waals surface area contributed by atoms with E-state index in [1.807, 2.05) is 26.1 Å². The second kappa shape index (κ2) is 30.4. The maximum atomic E-state index is 13.9. The van der Waals surface area contributed by atoms with Crippen LogP contribution in [0.2, 0.25) is 0 Å². The normalized spacial score (nSPS) is 17.0. The SMILES string of the molecule is CC[C@H](C)[C@H](N)C(=O)N[C@@H](CC(C)C)C(=O)N[C@@H](C)C(=O)N[C@@H](CO)C(=O)N[C@@H](CCC(N)=O)C(=O)N[C@H](C(=O)N[C@@H](CCC(N)=O)C(=O)N[C@H](C(=O)N[C@H](C(=O)O)[C@@H](C)O)[C@@H](C)O)[C@@H](C)CC. The standard InChI is InChI=1S/C42H75N11O15/c1-10-19(5)30(45)39(64)49-26(16-18(3)4)37(62)46-21(7)34(59)50-27(17-54)38(63)47-24(12-14-28(43)57)35(60)51-31(20(6)11-2)40(65)48-25(13-15-29(44)58)36(61)52-32(22(8)55)41(66)53-33(23(9)56)42(67)68/h18-27,30-33,54-56H,10-17,45H2,1-9H3,(H2,43,57)(H2,44,58)(H,46,62)(H,47,63)(H,48,65)(H,49,64)(H,50,59)(H,51,60)(H,52,61)(H,53,66)(H,67,68)/t19-,20-,21-,22+,23+,24-,25-,26-,27-,30-,31-,32-,33-/m0/s1. The number of primary amides is 2. The molecule has 26 heteroatoms. The van der Waals surface area contributed by atoms with E-state index >= 15 is 0 Å². The third-order valence-corrected chi connectivity index (χ3v) is 11.0. The van der Waals surface area contributed by atoms with Crippen LogP contribution < -0.4 is 59.7 Å². The van der Waals surface area contributed by atoms with E-state index in [-0.39, 0.29) is 24.7 Å². The summed E-state index contributed by atoms with van der Waals surface area (Å²) in [7, 11) is 0. The number of aliphatic hydroxyl groups is 3. The zero-order valence-electron chi connectivity index (χ0n) is 40.3. The smallest absolute Gasteiger partial charge is 0.328 e. The highest BCUT2D eigenvalue weighted by molar-refractivity contribution is 5.98. The number of carboxylic acid groups (broad SMARTS) is 1. The van der Waals surface area contributed by atoms with Gasteiger partial charge in [0.2, 0.25) is 59.1 Å². The van der Waals surface area contributed by atoms with Crippen molar-refractivity contribution in [2.45, 2.75) is 174 Å². The molecule has 0 aliphatic rings. The van der Waals surface area contributed by atoms with Crippen molar-refractivity contribution in [2.24, 2.45) is 35.0 Å². The van der Waals surface area contributed by atoms with Gasteiger partial charge in [-0.25, -0.2) is 4.79 Å². The van der Waals surface area contributed by atoms with Gasteiger partial charge in [-0.1, -0.05) is 54.4 Å². The predicted molar refractivity (Wildman–Crippen MR) is 242 cm³/mol. The number of aliphatic hydroxyl groups excluding tert-OH is 3. The summed E-state index contributed by atoms with van der Waals surface area (Å²) in [6.07, 6.45) is -4.13. The molecule has 0 aliphatic heterocycles. The van der Waals surface area contributed by atoms with Gasteiger partial charge >= 0.3 is 5.97 Å². The Morgan fingerprint density at radius 1 is 0.471 bits per heavy atom. The average Bonchev–Trinajstić information content (AvgIpc) is 3.25. The molecule has 0 fully saturated rings. The van der Waals surface area contributed by atoms with Gasteiger partial charge < -0.3 is 80.2 Å². The number of carbonyl (C=O) groups excluding carboxylic acids is 10. The van der Waals surface area contributed by atoms with Crippen LogP contribution in [0.5, 0.6) is 0 Å². The number of carboxylic acids is 1. The van der Waals surface area contributed by atoms with Crippen molar-refractivity contribution in [3.05, 3.63) is 0 Å². The Balaban J connectivity index is 6.39. The number of nitrogens with one attached hydrogen (secondary N) is 8. The molecule has 0 bridgehead atoms. The van der Waals surface area contributed by atoms with E-state index in [4.69, 9.17) is 17.2 Å². The number of rotatable bonds is 32. The molecule has 26 nitrogen and oxygen atoms in total. The fraction of sp³-hybridized carbons (Fsp3) is 0.738. The van der Waals surface area contributed by atoms with E-state index in [0.29, 0.717) is 6.42 Å². The van der Waals surface area contributed by atoms with Gasteiger partial charge in [-0.15, -0.1) is 0 Å². The summed E-state index contributed by atoms with van der Waals surface area (Å²) in [5, 5.41) is 58.3. The van der Waals surface area contributed by atoms with Crippen LogP contribution in [0.15, 0.2) is 0 Å². The summed E-state index contributed by atoms with van der Waals surface area (Å²) in [6, 6.07) is -13.5. The fourth-order valence-electron chi connectivity index (χ4n) is 6.24. The molecule has 0 aromatic rings. The summed E-state index contributed by atoms with van der Waals surface area (Å²) < 4.78 is 0. The molecule has 13 atom stereocenters. The Morgan fingerprint density at radius 3 is 1.26 bits per heavy atom. The molecule has 0 rings (SSSR count). The molecular formula is C42H75N11O15. The number of hydrogen-bond acceptors (Lipinski definition) is 15. The topological polar surface area (TPSA) is 443 Å². The van der Waals surface area contributed by atoms with Crippen LogP contribution in [-0.4, -0.2) is 159 Å².